The normalized spacial score (nSPS) is 14.2. The molecule has 0 bridgehead atoms. The summed E-state index contributed by atoms with van der Waals surface area (Å²) in [6, 6.07) is 4.12. The van der Waals surface area contributed by atoms with Crippen molar-refractivity contribution in [2.75, 3.05) is 18.0 Å². The molecule has 0 atom stereocenters. The summed E-state index contributed by atoms with van der Waals surface area (Å²) in [5, 5.41) is 0.989. The van der Waals surface area contributed by atoms with E-state index in [-0.39, 0.29) is 0 Å². The Balaban J connectivity index is 0.000000637. The van der Waals surface area contributed by atoms with Gasteiger partial charge >= 0.3 is 0 Å². The van der Waals surface area contributed by atoms with E-state index in [1.54, 1.807) is 0 Å². The van der Waals surface area contributed by atoms with Crippen LogP contribution in [0.4, 0.5) is 5.82 Å². The third-order valence-corrected chi connectivity index (χ3v) is 3.58. The molecule has 1 saturated heterocycles. The van der Waals surface area contributed by atoms with Gasteiger partial charge in [0.2, 0.25) is 0 Å². The van der Waals surface area contributed by atoms with E-state index in [1.165, 1.54) is 24.4 Å². The molecule has 0 saturated carbocycles. The van der Waals surface area contributed by atoms with Gasteiger partial charge in [-0.15, -0.1) is 0 Å². The van der Waals surface area contributed by atoms with Crippen LogP contribution < -0.4 is 4.90 Å². The molecular weight excluding hydrogens is 256 g/mol. The summed E-state index contributed by atoms with van der Waals surface area (Å²) < 4.78 is 4.29. The Hall–Kier alpha value is -1.49. The van der Waals surface area contributed by atoms with Crippen LogP contribution in [0.25, 0.3) is 11.4 Å². The Kier molecular flexibility index (Phi) is 4.85. The van der Waals surface area contributed by atoms with Gasteiger partial charge in [-0.1, -0.05) is 13.8 Å². The van der Waals surface area contributed by atoms with Crippen molar-refractivity contribution in [1.29, 1.82) is 0 Å². The third kappa shape index (κ3) is 3.29. The SMILES string of the molecule is CC.Cc1nc(-c2ccc(N3CCCC3)nc2)ns1. The number of aryl methyl sites for hydroxylation is 1. The smallest absolute Gasteiger partial charge is 0.174 e. The van der Waals surface area contributed by atoms with Crippen LogP contribution in [0, 0.1) is 6.92 Å². The second-order valence-corrected chi connectivity index (χ2v) is 5.19. The highest BCUT2D eigenvalue weighted by molar-refractivity contribution is 7.05. The van der Waals surface area contributed by atoms with Gasteiger partial charge in [0.05, 0.1) is 0 Å². The van der Waals surface area contributed by atoms with Crippen molar-refractivity contribution in [1.82, 2.24) is 14.3 Å². The average molecular weight is 276 g/mol. The summed E-state index contributed by atoms with van der Waals surface area (Å²) in [5.41, 5.74) is 0.997. The molecule has 0 aromatic carbocycles. The minimum absolute atomic E-state index is 0.785. The zero-order valence-electron chi connectivity index (χ0n) is 11.8. The van der Waals surface area contributed by atoms with E-state index < -0.39 is 0 Å². The van der Waals surface area contributed by atoms with Crippen LogP contribution in [0.3, 0.4) is 0 Å². The molecule has 2 aromatic rings. The van der Waals surface area contributed by atoms with Crippen LogP contribution in [0.1, 0.15) is 31.7 Å². The molecular formula is C14H20N4S. The third-order valence-electron chi connectivity index (χ3n) is 2.96. The van der Waals surface area contributed by atoms with Crippen LogP contribution in [-0.4, -0.2) is 27.4 Å². The van der Waals surface area contributed by atoms with Crippen molar-refractivity contribution in [2.24, 2.45) is 0 Å². The van der Waals surface area contributed by atoms with E-state index in [0.29, 0.717) is 0 Å². The van der Waals surface area contributed by atoms with Gasteiger partial charge in [-0.05, 0) is 43.4 Å². The lowest BCUT2D eigenvalue weighted by atomic mass is 10.2. The zero-order valence-corrected chi connectivity index (χ0v) is 12.6. The fourth-order valence-electron chi connectivity index (χ4n) is 2.07. The maximum atomic E-state index is 4.50. The van der Waals surface area contributed by atoms with Crippen LogP contribution in [0.2, 0.25) is 0 Å². The molecule has 1 fully saturated rings. The Morgan fingerprint density at radius 3 is 2.42 bits per heavy atom. The summed E-state index contributed by atoms with van der Waals surface area (Å²) in [6.45, 7) is 8.22. The molecule has 0 N–H and O–H groups in total. The molecule has 3 rings (SSSR count). The first-order chi connectivity index (χ1) is 9.33. The number of hydrogen-bond acceptors (Lipinski definition) is 5. The van der Waals surface area contributed by atoms with E-state index in [4.69, 9.17) is 0 Å². The largest absolute Gasteiger partial charge is 0.357 e. The Bertz CT molecular complexity index is 500. The quantitative estimate of drug-likeness (QED) is 0.841. The maximum absolute atomic E-state index is 4.50. The van der Waals surface area contributed by atoms with Crippen molar-refractivity contribution in [3.05, 3.63) is 23.3 Å². The number of anilines is 1. The molecule has 5 heteroatoms. The van der Waals surface area contributed by atoms with Crippen LogP contribution in [-0.2, 0) is 0 Å². The number of pyridine rings is 1. The fourth-order valence-corrected chi connectivity index (χ4v) is 2.56. The first-order valence-electron chi connectivity index (χ1n) is 6.84. The Labute approximate surface area is 118 Å². The molecule has 19 heavy (non-hydrogen) atoms. The second-order valence-electron chi connectivity index (χ2n) is 4.24. The Morgan fingerprint density at radius 1 is 1.16 bits per heavy atom. The van der Waals surface area contributed by atoms with Gasteiger partial charge < -0.3 is 4.90 Å². The minimum Gasteiger partial charge on any atom is -0.357 e. The monoisotopic (exact) mass is 276 g/mol. The van der Waals surface area contributed by atoms with E-state index in [1.807, 2.05) is 27.0 Å². The van der Waals surface area contributed by atoms with Gasteiger partial charge in [0.1, 0.15) is 10.8 Å². The molecule has 0 radical (unpaired) electrons. The van der Waals surface area contributed by atoms with E-state index in [0.717, 1.165) is 35.3 Å². The number of nitrogens with zero attached hydrogens (tertiary/aromatic N) is 4. The zero-order chi connectivity index (χ0) is 13.7. The lowest BCUT2D eigenvalue weighted by Crippen LogP contribution is -2.18. The molecule has 1 aliphatic heterocycles. The van der Waals surface area contributed by atoms with E-state index in [9.17, 15) is 0 Å². The summed E-state index contributed by atoms with van der Waals surface area (Å²) in [5.74, 6) is 1.85. The van der Waals surface area contributed by atoms with Gasteiger partial charge in [0.15, 0.2) is 5.82 Å². The molecule has 0 aliphatic carbocycles. The molecule has 1 aliphatic rings. The molecule has 0 amide bonds. The van der Waals surface area contributed by atoms with E-state index >= 15 is 0 Å². The van der Waals surface area contributed by atoms with Crippen molar-refractivity contribution in [3.8, 4) is 11.4 Å². The lowest BCUT2D eigenvalue weighted by molar-refractivity contribution is 0.937. The number of hydrogen-bond donors (Lipinski definition) is 0. The number of rotatable bonds is 2. The van der Waals surface area contributed by atoms with Gasteiger partial charge in [0.25, 0.3) is 0 Å². The first-order valence-corrected chi connectivity index (χ1v) is 7.62. The van der Waals surface area contributed by atoms with Crippen molar-refractivity contribution < 1.29 is 0 Å². The maximum Gasteiger partial charge on any atom is 0.174 e. The van der Waals surface area contributed by atoms with E-state index in [2.05, 4.69) is 31.4 Å². The van der Waals surface area contributed by atoms with Crippen LogP contribution >= 0.6 is 11.5 Å². The minimum atomic E-state index is 0.785. The second kappa shape index (κ2) is 6.61. The van der Waals surface area contributed by atoms with Gasteiger partial charge in [-0.25, -0.2) is 9.97 Å². The molecule has 0 spiro atoms. The van der Waals surface area contributed by atoms with Crippen molar-refractivity contribution >= 4 is 17.4 Å². The summed E-state index contributed by atoms with van der Waals surface area (Å²) in [6.07, 6.45) is 4.42. The predicted octanol–water partition coefficient (Wildman–Crippen LogP) is 3.53. The summed E-state index contributed by atoms with van der Waals surface area (Å²) >= 11 is 1.43. The molecule has 4 nitrogen and oxygen atoms in total. The van der Waals surface area contributed by atoms with Gasteiger partial charge in [0, 0.05) is 24.8 Å². The molecule has 102 valence electrons. The first kappa shape index (κ1) is 13.9. The highest BCUT2D eigenvalue weighted by Crippen LogP contribution is 2.21. The highest BCUT2D eigenvalue weighted by Gasteiger charge is 2.13. The number of aromatic nitrogens is 3. The summed E-state index contributed by atoms with van der Waals surface area (Å²) in [7, 11) is 0. The fraction of sp³-hybridized carbons (Fsp3) is 0.500. The molecule has 0 unspecified atom stereocenters. The van der Waals surface area contributed by atoms with Crippen LogP contribution in [0.15, 0.2) is 18.3 Å². The summed E-state index contributed by atoms with van der Waals surface area (Å²) in [4.78, 5) is 11.2. The lowest BCUT2D eigenvalue weighted by Gasteiger charge is -2.15. The van der Waals surface area contributed by atoms with Gasteiger partial charge in [-0.2, -0.15) is 4.37 Å². The molecule has 2 aromatic heterocycles. The predicted molar refractivity (Wildman–Crippen MR) is 80.7 cm³/mol. The van der Waals surface area contributed by atoms with Crippen molar-refractivity contribution in [2.45, 2.75) is 33.6 Å². The standard InChI is InChI=1S/C12H14N4S.C2H6/c1-9-14-12(15-17-9)10-4-5-11(13-8-10)16-6-2-3-7-16;1-2/h4-5,8H,2-3,6-7H2,1H3;1-2H3. The highest BCUT2D eigenvalue weighted by atomic mass is 32.1. The van der Waals surface area contributed by atoms with Crippen molar-refractivity contribution in [3.63, 3.8) is 0 Å². The average Bonchev–Trinajstić information content (AvgIpc) is 3.12. The Morgan fingerprint density at radius 2 is 1.89 bits per heavy atom. The topological polar surface area (TPSA) is 41.9 Å². The van der Waals surface area contributed by atoms with Crippen LogP contribution in [0.5, 0.6) is 0 Å². The molecule has 3 heterocycles. The van der Waals surface area contributed by atoms with Gasteiger partial charge in [-0.3, -0.25) is 0 Å².